The molecule has 0 fully saturated rings. The Labute approximate surface area is 218 Å². The molecule has 36 heavy (non-hydrogen) atoms. The van der Waals surface area contributed by atoms with Crippen molar-refractivity contribution in [3.05, 3.63) is 68.6 Å². The van der Waals surface area contributed by atoms with Gasteiger partial charge in [-0.05, 0) is 29.7 Å². The maximum Gasteiger partial charge on any atom is 0.355 e. The number of aromatic hydroxyl groups is 1. The van der Waals surface area contributed by atoms with Crippen LogP contribution in [-0.4, -0.2) is 46.8 Å². The summed E-state index contributed by atoms with van der Waals surface area (Å²) in [6.07, 6.45) is -1.78. The summed E-state index contributed by atoms with van der Waals surface area (Å²) >= 11 is 7.54. The van der Waals surface area contributed by atoms with Gasteiger partial charge in [0.15, 0.2) is 17.2 Å². The van der Waals surface area contributed by atoms with Gasteiger partial charge in [0, 0.05) is 40.2 Å². The number of carbonyl (C=O) groups is 2. The number of phenolic OH excluding ortho intramolecular Hbond substituents is 1. The van der Waals surface area contributed by atoms with Crippen LogP contribution in [0.2, 0.25) is 5.02 Å². The van der Waals surface area contributed by atoms with Crippen LogP contribution in [0.25, 0.3) is 0 Å². The molecule has 0 radical (unpaired) electrons. The third kappa shape index (κ3) is 5.33. The van der Waals surface area contributed by atoms with Gasteiger partial charge in [-0.1, -0.05) is 44.5 Å². The van der Waals surface area contributed by atoms with Crippen molar-refractivity contribution < 1.29 is 29.3 Å². The molecule has 2 atom stereocenters. The van der Waals surface area contributed by atoms with Crippen molar-refractivity contribution in [2.75, 3.05) is 18.6 Å². The zero-order chi connectivity index (χ0) is 26.2. The quantitative estimate of drug-likeness (QED) is 0.444. The first kappa shape index (κ1) is 25.9. The van der Waals surface area contributed by atoms with Crippen molar-refractivity contribution in [2.45, 2.75) is 39.4 Å². The summed E-state index contributed by atoms with van der Waals surface area (Å²) in [4.78, 5) is 31.1. The molecule has 2 heterocycles. The third-order valence-electron chi connectivity index (χ3n) is 5.70. The highest BCUT2D eigenvalue weighted by molar-refractivity contribution is 7.09. The van der Waals surface area contributed by atoms with Gasteiger partial charge in [-0.3, -0.25) is 4.79 Å². The minimum absolute atomic E-state index is 0.0698. The van der Waals surface area contributed by atoms with Gasteiger partial charge in [0.2, 0.25) is 0 Å². The largest absolute Gasteiger partial charge is 0.504 e. The molecule has 0 unspecified atom stereocenters. The number of aromatic nitrogens is 1. The number of phenols is 1. The first-order chi connectivity index (χ1) is 17.0. The van der Waals surface area contributed by atoms with Gasteiger partial charge >= 0.3 is 5.97 Å². The van der Waals surface area contributed by atoms with Crippen molar-refractivity contribution >= 4 is 40.5 Å². The summed E-state index contributed by atoms with van der Waals surface area (Å²) in [5.41, 5.74) is 1.33. The third-order valence-corrected chi connectivity index (χ3v) is 6.81. The fourth-order valence-electron chi connectivity index (χ4n) is 4.16. The first-order valence-electron chi connectivity index (χ1n) is 11.3. The smallest absolute Gasteiger partial charge is 0.355 e. The van der Waals surface area contributed by atoms with E-state index in [-0.39, 0.29) is 34.9 Å². The lowest BCUT2D eigenvalue weighted by Gasteiger charge is -2.31. The molecule has 0 saturated heterocycles. The normalized spacial score (nSPS) is 18.0. The number of benzene rings is 2. The molecule has 10 heteroatoms. The predicted molar refractivity (Wildman–Crippen MR) is 137 cm³/mol. The molecule has 1 aliphatic rings. The lowest BCUT2D eigenvalue weighted by molar-refractivity contribution is -0.132. The van der Waals surface area contributed by atoms with E-state index in [1.165, 1.54) is 12.5 Å². The Morgan fingerprint density at radius 3 is 2.64 bits per heavy atom. The molecule has 2 N–H and O–H groups in total. The second-order valence-corrected chi connectivity index (χ2v) is 11.1. The number of hydrogen-bond donors (Lipinski definition) is 2. The molecule has 4 rings (SSSR count). The molecule has 0 bridgehead atoms. The van der Waals surface area contributed by atoms with Crippen molar-refractivity contribution in [1.82, 2.24) is 4.98 Å². The molecule has 1 aliphatic heterocycles. The summed E-state index contributed by atoms with van der Waals surface area (Å²) in [7, 11) is 1.46. The monoisotopic (exact) mass is 530 g/mol. The summed E-state index contributed by atoms with van der Waals surface area (Å²) in [6.45, 7) is 6.49. The number of amides is 1. The van der Waals surface area contributed by atoms with Crippen LogP contribution in [0.3, 0.4) is 0 Å². The molecule has 0 spiro atoms. The number of thiazole rings is 1. The van der Waals surface area contributed by atoms with E-state index in [2.05, 4.69) is 4.98 Å². The number of carboxylic acids is 1. The van der Waals surface area contributed by atoms with Crippen LogP contribution in [-0.2, 0) is 16.0 Å². The van der Waals surface area contributed by atoms with E-state index in [1.807, 2.05) is 20.8 Å². The summed E-state index contributed by atoms with van der Waals surface area (Å²) < 4.78 is 11.7. The number of carboxylic acid groups (broad SMARTS) is 1. The van der Waals surface area contributed by atoms with Gasteiger partial charge in [0.25, 0.3) is 5.91 Å². The minimum atomic E-state index is -1.14. The zero-order valence-corrected chi connectivity index (χ0v) is 21.9. The Morgan fingerprint density at radius 2 is 2.00 bits per heavy atom. The van der Waals surface area contributed by atoms with Crippen LogP contribution in [0.15, 0.2) is 41.8 Å². The number of para-hydroxylation sites is 1. The summed E-state index contributed by atoms with van der Waals surface area (Å²) in [5, 5.41) is 22.6. The van der Waals surface area contributed by atoms with Crippen LogP contribution >= 0.6 is 22.9 Å². The SMILES string of the molecule is COc1cccc([C@H]2O[C@H](Cc3nc(C(=O)O)cs3)C(=O)N(CC(C)(C)C)c3ccc(Cl)cc32)c1O. The summed E-state index contributed by atoms with van der Waals surface area (Å²) in [5.74, 6) is -1.26. The molecule has 8 nitrogen and oxygen atoms in total. The van der Waals surface area contributed by atoms with Crippen LogP contribution in [0, 0.1) is 5.41 Å². The molecule has 1 amide bonds. The topological polar surface area (TPSA) is 109 Å². The molecule has 1 aromatic heterocycles. The highest BCUT2D eigenvalue weighted by Crippen LogP contribution is 2.45. The number of methoxy groups -OCH3 is 1. The number of anilines is 1. The molecule has 0 aliphatic carbocycles. The Morgan fingerprint density at radius 1 is 1.25 bits per heavy atom. The van der Waals surface area contributed by atoms with Crippen molar-refractivity contribution in [2.24, 2.45) is 5.41 Å². The lowest BCUT2D eigenvalue weighted by Crippen LogP contribution is -2.44. The fraction of sp³-hybridized carbons (Fsp3) is 0.346. The number of rotatable bonds is 6. The molecular formula is C26H27ClN2O6S. The van der Waals surface area contributed by atoms with Gasteiger partial charge in [-0.2, -0.15) is 0 Å². The van der Waals surface area contributed by atoms with E-state index in [9.17, 15) is 19.8 Å². The first-order valence-corrected chi connectivity index (χ1v) is 12.5. The van der Waals surface area contributed by atoms with Crippen LogP contribution < -0.4 is 9.64 Å². The number of nitrogens with zero attached hydrogens (tertiary/aromatic N) is 2. The highest BCUT2D eigenvalue weighted by atomic mass is 35.5. The molecule has 3 aromatic rings. The Hall–Kier alpha value is -3.14. The van der Waals surface area contributed by atoms with Crippen molar-refractivity contribution in [3.63, 3.8) is 0 Å². The standard InChI is InChI=1S/C26H27ClN2O6S/c1-26(2,3)13-29-18-9-8-14(27)10-16(18)23(15-6-5-7-19(34-4)22(15)30)35-20(24(29)31)11-21-28-17(12-36-21)25(32)33/h5-10,12,20,23,30H,11,13H2,1-4H3,(H,32,33)/t20-,23-/m1/s1. The Kier molecular flexibility index (Phi) is 7.26. The molecule has 0 saturated carbocycles. The van der Waals surface area contributed by atoms with E-state index in [1.54, 1.807) is 41.3 Å². The Bertz CT molecular complexity index is 1300. The van der Waals surface area contributed by atoms with Gasteiger partial charge in [-0.15, -0.1) is 11.3 Å². The molecular weight excluding hydrogens is 504 g/mol. The number of carbonyl (C=O) groups excluding carboxylic acids is 1. The van der Waals surface area contributed by atoms with Crippen LogP contribution in [0.5, 0.6) is 11.5 Å². The average Bonchev–Trinajstić information content (AvgIpc) is 3.25. The highest BCUT2D eigenvalue weighted by Gasteiger charge is 2.39. The number of hydrogen-bond acceptors (Lipinski definition) is 7. The number of aromatic carboxylic acids is 1. The maximum atomic E-state index is 13.9. The number of fused-ring (bicyclic) bond motifs is 1. The van der Waals surface area contributed by atoms with Gasteiger partial charge in [-0.25, -0.2) is 9.78 Å². The van der Waals surface area contributed by atoms with E-state index in [0.29, 0.717) is 33.4 Å². The second-order valence-electron chi connectivity index (χ2n) is 9.73. The number of ether oxygens (including phenoxy) is 2. The van der Waals surface area contributed by atoms with E-state index >= 15 is 0 Å². The predicted octanol–water partition coefficient (Wildman–Crippen LogP) is 5.32. The fourth-order valence-corrected chi connectivity index (χ4v) is 5.14. The Balaban J connectivity index is 1.87. The van der Waals surface area contributed by atoms with E-state index in [0.717, 1.165) is 11.3 Å². The minimum Gasteiger partial charge on any atom is -0.504 e. The lowest BCUT2D eigenvalue weighted by atomic mass is 9.94. The van der Waals surface area contributed by atoms with Crippen molar-refractivity contribution in [1.29, 1.82) is 0 Å². The zero-order valence-electron chi connectivity index (χ0n) is 20.3. The average molecular weight is 531 g/mol. The number of halogens is 1. The molecule has 2 aromatic carbocycles. The second kappa shape index (κ2) is 10.1. The van der Waals surface area contributed by atoms with Gasteiger partial charge < -0.3 is 24.6 Å². The summed E-state index contributed by atoms with van der Waals surface area (Å²) in [6, 6.07) is 10.3. The van der Waals surface area contributed by atoms with Crippen molar-refractivity contribution in [3.8, 4) is 11.5 Å². The molecule has 190 valence electrons. The maximum absolute atomic E-state index is 13.9. The van der Waals surface area contributed by atoms with E-state index in [4.69, 9.17) is 21.1 Å². The van der Waals surface area contributed by atoms with Gasteiger partial charge in [0.1, 0.15) is 12.2 Å². The van der Waals surface area contributed by atoms with Crippen LogP contribution in [0.4, 0.5) is 5.69 Å². The van der Waals surface area contributed by atoms with Crippen LogP contribution in [0.1, 0.15) is 53.5 Å². The van der Waals surface area contributed by atoms with Gasteiger partial charge in [0.05, 0.1) is 12.1 Å². The van der Waals surface area contributed by atoms with E-state index < -0.39 is 18.2 Å².